The van der Waals surface area contributed by atoms with Crippen molar-refractivity contribution in [1.82, 2.24) is 15.5 Å². The fourth-order valence-electron chi connectivity index (χ4n) is 5.66. The second-order valence-corrected chi connectivity index (χ2v) is 11.4. The van der Waals surface area contributed by atoms with Crippen molar-refractivity contribution in [3.8, 4) is 5.75 Å². The van der Waals surface area contributed by atoms with Gasteiger partial charge >= 0.3 is 0 Å². The van der Waals surface area contributed by atoms with Crippen LogP contribution < -0.4 is 10.6 Å². The first-order valence-electron chi connectivity index (χ1n) is 14.1. The Hall–Kier alpha value is -4.28. The molecule has 0 radical (unpaired) electrons. The van der Waals surface area contributed by atoms with E-state index < -0.39 is 53.2 Å². The second-order valence-electron chi connectivity index (χ2n) is 11.4. The van der Waals surface area contributed by atoms with Gasteiger partial charge in [-0.2, -0.15) is 0 Å². The lowest BCUT2D eigenvalue weighted by Crippen LogP contribution is -2.57. The summed E-state index contributed by atoms with van der Waals surface area (Å²) in [4.78, 5) is 42.2. The van der Waals surface area contributed by atoms with Crippen LogP contribution in [-0.4, -0.2) is 70.8 Å². The van der Waals surface area contributed by atoms with Gasteiger partial charge in [0.2, 0.25) is 5.91 Å². The second kappa shape index (κ2) is 13.4. The number of ether oxygens (including phenoxy) is 1. The maximum Gasteiger partial charge on any atom is 0.254 e. The maximum atomic E-state index is 14.2. The molecule has 3 aromatic rings. The molecule has 0 spiro atoms. The predicted molar refractivity (Wildman–Crippen MR) is 159 cm³/mol. The van der Waals surface area contributed by atoms with Crippen LogP contribution in [0.4, 0.5) is 4.39 Å². The molecule has 0 saturated carbocycles. The van der Waals surface area contributed by atoms with Gasteiger partial charge < -0.3 is 30.5 Å². The van der Waals surface area contributed by atoms with Crippen LogP contribution in [0.5, 0.6) is 5.75 Å². The maximum absolute atomic E-state index is 14.2. The van der Waals surface area contributed by atoms with E-state index >= 15 is 0 Å². The highest BCUT2D eigenvalue weighted by atomic mass is 19.1. The number of aliphatic hydroxyl groups is 1. The van der Waals surface area contributed by atoms with Gasteiger partial charge in [0.25, 0.3) is 11.8 Å². The summed E-state index contributed by atoms with van der Waals surface area (Å²) in [7, 11) is 1.49. The molecule has 0 aromatic heterocycles. The van der Waals surface area contributed by atoms with Crippen LogP contribution in [0.3, 0.4) is 0 Å². The van der Waals surface area contributed by atoms with Crippen LogP contribution in [0, 0.1) is 18.2 Å². The average Bonchev–Trinajstić information content (AvgIpc) is 3.27. The van der Waals surface area contributed by atoms with E-state index in [-0.39, 0.29) is 30.8 Å². The number of hydrogen-bond acceptors (Lipinski definition) is 6. The molecule has 10 heteroatoms. The van der Waals surface area contributed by atoms with Crippen LogP contribution in [0.1, 0.15) is 40.9 Å². The van der Waals surface area contributed by atoms with Gasteiger partial charge in [0.05, 0.1) is 12.1 Å². The number of carbonyl (C=O) groups is 3. The molecule has 43 heavy (non-hydrogen) atoms. The van der Waals surface area contributed by atoms with Gasteiger partial charge in [0, 0.05) is 42.3 Å². The SMILES string of the molecule is COC1CN(C(=O)[C@@H](O)[C@H](Cc2ccccc2)NC(=O)c2cccc(O)c2C)[C@H](C(=O)NCc2ccccc2F)C1(C)C. The standard InChI is InChI=1S/C33H38FN3O6/c1-20-23(14-10-16-26(20)38)30(40)36-25(17-21-11-6-5-7-12-21)28(39)32(42)37-19-27(43-4)33(2,3)29(37)31(41)35-18-22-13-8-9-15-24(22)34/h5-16,25,27-29,38-39H,17-19H2,1-4H3,(H,35,41)(H,36,40)/t25-,27?,28-,29+/m0/s1. The quantitative estimate of drug-likeness (QED) is 0.287. The van der Waals surface area contributed by atoms with Gasteiger partial charge in [-0.25, -0.2) is 4.39 Å². The first-order valence-corrected chi connectivity index (χ1v) is 14.1. The third-order valence-corrected chi connectivity index (χ3v) is 8.23. The number of halogens is 1. The fourth-order valence-corrected chi connectivity index (χ4v) is 5.66. The highest BCUT2D eigenvalue weighted by molar-refractivity contribution is 5.97. The van der Waals surface area contributed by atoms with Crippen molar-refractivity contribution in [1.29, 1.82) is 0 Å². The fraction of sp³-hybridized carbons (Fsp3) is 0.364. The summed E-state index contributed by atoms with van der Waals surface area (Å²) in [6.07, 6.45) is -2.15. The third-order valence-electron chi connectivity index (χ3n) is 8.23. The normalized spacial score (nSPS) is 19.0. The van der Waals surface area contributed by atoms with Crippen molar-refractivity contribution in [2.24, 2.45) is 5.41 Å². The lowest BCUT2D eigenvalue weighted by molar-refractivity contribution is -0.148. The lowest BCUT2D eigenvalue weighted by atomic mass is 9.81. The number of rotatable bonds is 10. The molecule has 1 heterocycles. The van der Waals surface area contributed by atoms with E-state index in [2.05, 4.69) is 10.6 Å². The van der Waals surface area contributed by atoms with Crippen LogP contribution in [-0.2, 0) is 27.3 Å². The molecule has 228 valence electrons. The minimum absolute atomic E-state index is 0.0227. The summed E-state index contributed by atoms with van der Waals surface area (Å²) in [6.45, 7) is 5.12. The van der Waals surface area contributed by atoms with E-state index in [1.807, 2.05) is 30.3 Å². The van der Waals surface area contributed by atoms with Crippen molar-refractivity contribution in [2.45, 2.75) is 58.0 Å². The Morgan fingerprint density at radius 2 is 1.72 bits per heavy atom. The van der Waals surface area contributed by atoms with Gasteiger partial charge in [-0.05, 0) is 37.1 Å². The number of hydrogen-bond donors (Lipinski definition) is 4. The van der Waals surface area contributed by atoms with E-state index in [1.54, 1.807) is 45.0 Å². The van der Waals surface area contributed by atoms with Crippen LogP contribution in [0.15, 0.2) is 72.8 Å². The molecule has 4 N–H and O–H groups in total. The molecule has 1 saturated heterocycles. The third kappa shape index (κ3) is 6.87. The summed E-state index contributed by atoms with van der Waals surface area (Å²) in [5, 5.41) is 27.1. The molecule has 1 fully saturated rings. The zero-order chi connectivity index (χ0) is 31.3. The van der Waals surface area contributed by atoms with E-state index in [9.17, 15) is 29.0 Å². The molecular formula is C33H38FN3O6. The molecule has 3 aromatic carbocycles. The number of nitrogens with one attached hydrogen (secondary N) is 2. The predicted octanol–water partition coefficient (Wildman–Crippen LogP) is 3.11. The summed E-state index contributed by atoms with van der Waals surface area (Å²) >= 11 is 0. The summed E-state index contributed by atoms with van der Waals surface area (Å²) in [5.41, 5.74) is 0.754. The smallest absolute Gasteiger partial charge is 0.254 e. The molecule has 9 nitrogen and oxygen atoms in total. The minimum Gasteiger partial charge on any atom is -0.508 e. The molecule has 1 aliphatic heterocycles. The van der Waals surface area contributed by atoms with Crippen molar-refractivity contribution >= 4 is 17.7 Å². The van der Waals surface area contributed by atoms with Crippen LogP contribution >= 0.6 is 0 Å². The van der Waals surface area contributed by atoms with Crippen molar-refractivity contribution < 1.29 is 33.7 Å². The van der Waals surface area contributed by atoms with Gasteiger partial charge in [-0.15, -0.1) is 0 Å². The molecule has 4 atom stereocenters. The number of aromatic hydroxyl groups is 1. The molecule has 1 unspecified atom stereocenters. The molecule has 4 rings (SSSR count). The number of benzene rings is 3. The number of carbonyl (C=O) groups excluding carboxylic acids is 3. The number of phenolic OH excluding ortho intramolecular Hbond substituents is 1. The summed E-state index contributed by atoms with van der Waals surface area (Å²) in [6, 6.07) is 17.6. The van der Waals surface area contributed by atoms with Gasteiger partial charge in [-0.3, -0.25) is 14.4 Å². The summed E-state index contributed by atoms with van der Waals surface area (Å²) < 4.78 is 19.9. The molecule has 3 amide bonds. The average molecular weight is 592 g/mol. The largest absolute Gasteiger partial charge is 0.508 e. The first kappa shape index (κ1) is 31.7. The number of amides is 3. The number of methoxy groups -OCH3 is 1. The minimum atomic E-state index is -1.73. The Bertz CT molecular complexity index is 1460. The number of nitrogens with zero attached hydrogens (tertiary/aromatic N) is 1. The molecule has 1 aliphatic rings. The Morgan fingerprint density at radius 1 is 1.05 bits per heavy atom. The first-order chi connectivity index (χ1) is 20.4. The van der Waals surface area contributed by atoms with Gasteiger partial charge in [0.1, 0.15) is 17.6 Å². The number of phenols is 1. The topological polar surface area (TPSA) is 128 Å². The highest BCUT2D eigenvalue weighted by Crippen LogP contribution is 2.39. The van der Waals surface area contributed by atoms with Crippen molar-refractivity contribution in [3.05, 3.63) is 101 Å². The Balaban J connectivity index is 1.61. The van der Waals surface area contributed by atoms with Crippen molar-refractivity contribution in [2.75, 3.05) is 13.7 Å². The Morgan fingerprint density at radius 3 is 2.40 bits per heavy atom. The number of aliphatic hydroxyl groups excluding tert-OH is 1. The molecule has 0 bridgehead atoms. The highest BCUT2D eigenvalue weighted by Gasteiger charge is 2.54. The summed E-state index contributed by atoms with van der Waals surface area (Å²) in [5.74, 6) is -2.37. The zero-order valence-electron chi connectivity index (χ0n) is 24.7. The van der Waals surface area contributed by atoms with E-state index in [1.165, 1.54) is 30.2 Å². The lowest BCUT2D eigenvalue weighted by Gasteiger charge is -2.34. The van der Waals surface area contributed by atoms with Crippen molar-refractivity contribution in [3.63, 3.8) is 0 Å². The monoisotopic (exact) mass is 591 g/mol. The van der Waals surface area contributed by atoms with E-state index in [0.29, 0.717) is 11.1 Å². The van der Waals surface area contributed by atoms with E-state index in [4.69, 9.17) is 4.74 Å². The van der Waals surface area contributed by atoms with Gasteiger partial charge in [-0.1, -0.05) is 68.4 Å². The van der Waals surface area contributed by atoms with Crippen LogP contribution in [0.25, 0.3) is 0 Å². The number of likely N-dealkylation sites (tertiary alicyclic amines) is 1. The Labute approximate surface area is 250 Å². The van der Waals surface area contributed by atoms with Gasteiger partial charge in [0.15, 0.2) is 6.10 Å². The molecular weight excluding hydrogens is 553 g/mol. The molecule has 0 aliphatic carbocycles. The van der Waals surface area contributed by atoms with Crippen LogP contribution in [0.2, 0.25) is 0 Å². The van der Waals surface area contributed by atoms with E-state index in [0.717, 1.165) is 5.56 Å². The zero-order valence-corrected chi connectivity index (χ0v) is 24.7. The Kier molecular flexibility index (Phi) is 9.83.